The van der Waals surface area contributed by atoms with E-state index in [0.717, 1.165) is 4.47 Å². The molecule has 0 radical (unpaired) electrons. The van der Waals surface area contributed by atoms with Gasteiger partial charge in [-0.1, -0.05) is 22.0 Å². The van der Waals surface area contributed by atoms with Crippen molar-refractivity contribution in [3.05, 3.63) is 57.2 Å². The fraction of sp³-hybridized carbons (Fsp3) is 0.200. The van der Waals surface area contributed by atoms with Crippen LogP contribution in [-0.2, 0) is 0 Å². The van der Waals surface area contributed by atoms with Crippen molar-refractivity contribution in [3.8, 4) is 5.75 Å². The summed E-state index contributed by atoms with van der Waals surface area (Å²) in [6, 6.07) is 12.1. The van der Waals surface area contributed by atoms with Gasteiger partial charge in [0, 0.05) is 16.7 Å². The predicted octanol–water partition coefficient (Wildman–Crippen LogP) is 4.20. The van der Waals surface area contributed by atoms with Crippen LogP contribution in [0.2, 0.25) is 0 Å². The van der Waals surface area contributed by atoms with Crippen molar-refractivity contribution in [2.24, 2.45) is 0 Å². The SMILES string of the molecule is OC(CNc1ccc(Br)c(F)c1)COc1cccc(Br)c1. The summed E-state index contributed by atoms with van der Waals surface area (Å²) in [7, 11) is 0. The van der Waals surface area contributed by atoms with E-state index in [1.54, 1.807) is 12.1 Å². The minimum atomic E-state index is -0.698. The van der Waals surface area contributed by atoms with Crippen LogP contribution in [0, 0.1) is 5.82 Å². The van der Waals surface area contributed by atoms with E-state index >= 15 is 0 Å². The number of rotatable bonds is 6. The molecule has 2 aromatic carbocycles. The summed E-state index contributed by atoms with van der Waals surface area (Å²) in [4.78, 5) is 0. The van der Waals surface area contributed by atoms with Crippen LogP contribution in [0.5, 0.6) is 5.75 Å². The Labute approximate surface area is 139 Å². The first-order valence-corrected chi connectivity index (χ1v) is 7.88. The van der Waals surface area contributed by atoms with Gasteiger partial charge in [-0.15, -0.1) is 0 Å². The molecule has 112 valence electrons. The van der Waals surface area contributed by atoms with Crippen molar-refractivity contribution >= 4 is 37.5 Å². The van der Waals surface area contributed by atoms with Gasteiger partial charge < -0.3 is 15.2 Å². The zero-order chi connectivity index (χ0) is 15.2. The molecule has 2 rings (SSSR count). The lowest BCUT2D eigenvalue weighted by Crippen LogP contribution is -2.26. The molecule has 2 N–H and O–H groups in total. The average Bonchev–Trinajstić information content (AvgIpc) is 2.46. The van der Waals surface area contributed by atoms with Gasteiger partial charge in [-0.05, 0) is 52.3 Å². The van der Waals surface area contributed by atoms with E-state index in [4.69, 9.17) is 4.74 Å². The Bertz CT molecular complexity index is 610. The van der Waals surface area contributed by atoms with Crippen LogP contribution in [0.1, 0.15) is 0 Å². The van der Waals surface area contributed by atoms with E-state index in [1.807, 2.05) is 24.3 Å². The minimum Gasteiger partial charge on any atom is -0.491 e. The third kappa shape index (κ3) is 5.30. The van der Waals surface area contributed by atoms with Crippen LogP contribution < -0.4 is 10.1 Å². The molecule has 0 spiro atoms. The van der Waals surface area contributed by atoms with Gasteiger partial charge >= 0.3 is 0 Å². The molecular formula is C15H14Br2FNO2. The van der Waals surface area contributed by atoms with Gasteiger partial charge in [-0.2, -0.15) is 0 Å². The highest BCUT2D eigenvalue weighted by atomic mass is 79.9. The maximum absolute atomic E-state index is 13.3. The maximum Gasteiger partial charge on any atom is 0.139 e. The summed E-state index contributed by atoms with van der Waals surface area (Å²) >= 11 is 6.44. The van der Waals surface area contributed by atoms with Gasteiger partial charge in [-0.3, -0.25) is 0 Å². The van der Waals surface area contributed by atoms with E-state index in [-0.39, 0.29) is 19.0 Å². The van der Waals surface area contributed by atoms with Gasteiger partial charge in [-0.25, -0.2) is 4.39 Å². The van der Waals surface area contributed by atoms with Crippen molar-refractivity contribution in [2.75, 3.05) is 18.5 Å². The largest absolute Gasteiger partial charge is 0.491 e. The predicted molar refractivity (Wildman–Crippen MR) is 88.2 cm³/mol. The van der Waals surface area contributed by atoms with Gasteiger partial charge in [0.1, 0.15) is 24.3 Å². The molecular weight excluding hydrogens is 405 g/mol. The molecule has 6 heteroatoms. The fourth-order valence-electron chi connectivity index (χ4n) is 1.65. The molecule has 1 atom stereocenters. The lowest BCUT2D eigenvalue weighted by atomic mass is 10.3. The topological polar surface area (TPSA) is 41.5 Å². The van der Waals surface area contributed by atoms with E-state index in [2.05, 4.69) is 37.2 Å². The molecule has 2 aromatic rings. The second-order valence-corrected chi connectivity index (χ2v) is 6.20. The van der Waals surface area contributed by atoms with E-state index in [0.29, 0.717) is 15.9 Å². The second-order valence-electron chi connectivity index (χ2n) is 4.43. The van der Waals surface area contributed by atoms with Crippen LogP contribution in [0.25, 0.3) is 0 Å². The first-order valence-electron chi connectivity index (χ1n) is 6.30. The van der Waals surface area contributed by atoms with E-state index in [9.17, 15) is 9.50 Å². The normalized spacial score (nSPS) is 12.0. The zero-order valence-electron chi connectivity index (χ0n) is 11.0. The number of nitrogens with one attached hydrogen (secondary N) is 1. The standard InChI is InChI=1S/C15H14Br2FNO2/c16-10-2-1-3-13(6-10)21-9-12(20)8-19-11-4-5-14(17)15(18)7-11/h1-7,12,19-20H,8-9H2. The van der Waals surface area contributed by atoms with Gasteiger partial charge in [0.25, 0.3) is 0 Å². The smallest absolute Gasteiger partial charge is 0.139 e. The Hall–Kier alpha value is -1.11. The lowest BCUT2D eigenvalue weighted by molar-refractivity contribution is 0.117. The van der Waals surface area contributed by atoms with Crippen molar-refractivity contribution in [3.63, 3.8) is 0 Å². The average molecular weight is 419 g/mol. The Balaban J connectivity index is 1.79. The summed E-state index contributed by atoms with van der Waals surface area (Å²) in [6.07, 6.45) is -0.698. The molecule has 0 aliphatic rings. The first kappa shape index (κ1) is 16.3. The number of anilines is 1. The maximum atomic E-state index is 13.3. The van der Waals surface area contributed by atoms with Crippen molar-refractivity contribution in [1.29, 1.82) is 0 Å². The van der Waals surface area contributed by atoms with Gasteiger partial charge in [0.05, 0.1) is 4.47 Å². The summed E-state index contributed by atoms with van der Waals surface area (Å²) in [5, 5.41) is 12.8. The molecule has 0 saturated heterocycles. The van der Waals surface area contributed by atoms with Crippen LogP contribution in [-0.4, -0.2) is 24.4 Å². The summed E-state index contributed by atoms with van der Waals surface area (Å²) in [5.41, 5.74) is 0.609. The third-order valence-electron chi connectivity index (χ3n) is 2.70. The van der Waals surface area contributed by atoms with Crippen molar-refractivity contribution < 1.29 is 14.2 Å². The van der Waals surface area contributed by atoms with Crippen molar-refractivity contribution in [1.82, 2.24) is 0 Å². The number of hydrogen-bond donors (Lipinski definition) is 2. The van der Waals surface area contributed by atoms with Crippen LogP contribution in [0.4, 0.5) is 10.1 Å². The van der Waals surface area contributed by atoms with Crippen molar-refractivity contribution in [2.45, 2.75) is 6.10 Å². The van der Waals surface area contributed by atoms with Gasteiger partial charge in [0.15, 0.2) is 0 Å². The van der Waals surface area contributed by atoms with Gasteiger partial charge in [0.2, 0.25) is 0 Å². The molecule has 0 saturated carbocycles. The van der Waals surface area contributed by atoms with Crippen LogP contribution in [0.3, 0.4) is 0 Å². The Morgan fingerprint density at radius 3 is 2.71 bits per heavy atom. The molecule has 0 aliphatic carbocycles. The third-order valence-corrected chi connectivity index (χ3v) is 3.84. The Morgan fingerprint density at radius 1 is 1.19 bits per heavy atom. The first-order chi connectivity index (χ1) is 10.0. The highest BCUT2D eigenvalue weighted by Gasteiger charge is 2.07. The molecule has 0 aliphatic heterocycles. The minimum absolute atomic E-state index is 0.155. The van der Waals surface area contributed by atoms with E-state index < -0.39 is 6.10 Å². The number of aliphatic hydroxyl groups excluding tert-OH is 1. The Kier molecular flexibility index (Phi) is 6.02. The van der Waals surface area contributed by atoms with E-state index in [1.165, 1.54) is 6.07 Å². The molecule has 0 fully saturated rings. The fourth-order valence-corrected chi connectivity index (χ4v) is 2.27. The second kappa shape index (κ2) is 7.77. The number of hydrogen-bond acceptors (Lipinski definition) is 3. The molecule has 1 unspecified atom stereocenters. The quantitative estimate of drug-likeness (QED) is 0.738. The summed E-state index contributed by atoms with van der Waals surface area (Å²) < 4.78 is 20.1. The molecule has 0 aromatic heterocycles. The van der Waals surface area contributed by atoms with Crippen LogP contribution in [0.15, 0.2) is 51.4 Å². The zero-order valence-corrected chi connectivity index (χ0v) is 14.2. The summed E-state index contributed by atoms with van der Waals surface area (Å²) in [6.45, 7) is 0.428. The Morgan fingerprint density at radius 2 is 2.00 bits per heavy atom. The van der Waals surface area contributed by atoms with Crippen LogP contribution >= 0.6 is 31.9 Å². The monoisotopic (exact) mass is 417 g/mol. The number of aliphatic hydroxyl groups is 1. The summed E-state index contributed by atoms with van der Waals surface area (Å²) in [5.74, 6) is 0.331. The molecule has 0 heterocycles. The number of halogens is 3. The molecule has 3 nitrogen and oxygen atoms in total. The lowest BCUT2D eigenvalue weighted by Gasteiger charge is -2.14. The highest BCUT2D eigenvalue weighted by molar-refractivity contribution is 9.10. The molecule has 0 amide bonds. The number of benzene rings is 2. The number of ether oxygens (including phenoxy) is 1. The molecule has 0 bridgehead atoms. The highest BCUT2D eigenvalue weighted by Crippen LogP contribution is 2.20. The molecule has 21 heavy (non-hydrogen) atoms.